The highest BCUT2D eigenvalue weighted by atomic mass is 32.2. The lowest BCUT2D eigenvalue weighted by atomic mass is 10.2. The third-order valence-corrected chi connectivity index (χ3v) is 2.56. The molecule has 6 nitrogen and oxygen atoms in total. The first-order valence-electron chi connectivity index (χ1n) is 3.57. The number of aromatic amines is 1. The first-order valence-corrected chi connectivity index (χ1v) is 5.11. The molecule has 9 heteroatoms. The number of alkyl halides is 2. The van der Waals surface area contributed by atoms with Gasteiger partial charge in [-0.15, -0.1) is 0 Å². The van der Waals surface area contributed by atoms with E-state index in [1.165, 1.54) is 0 Å². The van der Waals surface area contributed by atoms with Gasteiger partial charge in [-0.1, -0.05) is 0 Å². The highest BCUT2D eigenvalue weighted by molar-refractivity contribution is 7.89. The van der Waals surface area contributed by atoms with Crippen LogP contribution in [0.2, 0.25) is 0 Å². The number of H-pyrrole nitrogens is 1. The minimum absolute atomic E-state index is 0.581. The van der Waals surface area contributed by atoms with Crippen LogP contribution in [0.1, 0.15) is 12.0 Å². The van der Waals surface area contributed by atoms with Gasteiger partial charge in [0.25, 0.3) is 6.43 Å². The molecule has 0 saturated carbocycles. The molecule has 5 N–H and O–H groups in total. The van der Waals surface area contributed by atoms with Crippen molar-refractivity contribution in [2.75, 3.05) is 5.73 Å². The maximum atomic E-state index is 12.3. The third-order valence-electron chi connectivity index (χ3n) is 1.64. The molecule has 0 aromatic carbocycles. The van der Waals surface area contributed by atoms with E-state index in [1.54, 1.807) is 0 Å². The summed E-state index contributed by atoms with van der Waals surface area (Å²) in [5.74, 6) is -0.581. The Bertz CT molecular complexity index is 537. The second kappa shape index (κ2) is 3.59. The fourth-order valence-corrected chi connectivity index (χ4v) is 1.56. The number of primary sulfonamides is 1. The zero-order valence-electron chi connectivity index (χ0n) is 7.20. The second-order valence-corrected chi connectivity index (χ2v) is 4.18. The fraction of sp³-hybridized carbons (Fsp3) is 0.167. The van der Waals surface area contributed by atoms with Gasteiger partial charge in [-0.3, -0.25) is 4.79 Å². The smallest absolute Gasteiger partial charge is 0.271 e. The van der Waals surface area contributed by atoms with Gasteiger partial charge in [-0.25, -0.2) is 22.3 Å². The Labute approximate surface area is 82.9 Å². The van der Waals surface area contributed by atoms with E-state index in [9.17, 15) is 22.0 Å². The Kier molecular flexibility index (Phi) is 2.77. The summed E-state index contributed by atoms with van der Waals surface area (Å²) in [7, 11) is -4.34. The fourth-order valence-electron chi connectivity index (χ4n) is 0.970. The molecule has 1 aromatic rings. The van der Waals surface area contributed by atoms with Crippen LogP contribution in [-0.2, 0) is 10.0 Å². The van der Waals surface area contributed by atoms with Gasteiger partial charge in [0, 0.05) is 6.20 Å². The van der Waals surface area contributed by atoms with Crippen molar-refractivity contribution in [3.63, 3.8) is 0 Å². The Balaban J connectivity index is 3.65. The molecule has 15 heavy (non-hydrogen) atoms. The van der Waals surface area contributed by atoms with Gasteiger partial charge in [0.15, 0.2) is 0 Å². The molecular formula is C6H7F2N3O3S. The Morgan fingerprint density at radius 2 is 1.93 bits per heavy atom. The van der Waals surface area contributed by atoms with Crippen LogP contribution >= 0.6 is 0 Å². The molecule has 0 atom stereocenters. The molecule has 0 amide bonds. The molecule has 0 saturated heterocycles. The maximum absolute atomic E-state index is 12.3. The van der Waals surface area contributed by atoms with E-state index >= 15 is 0 Å². The van der Waals surface area contributed by atoms with Crippen molar-refractivity contribution in [1.82, 2.24) is 4.98 Å². The lowest BCUT2D eigenvalue weighted by Crippen LogP contribution is -2.25. The number of sulfonamides is 1. The normalized spacial score (nSPS) is 12.0. The highest BCUT2D eigenvalue weighted by Crippen LogP contribution is 2.20. The Morgan fingerprint density at radius 3 is 2.33 bits per heavy atom. The highest BCUT2D eigenvalue weighted by Gasteiger charge is 2.23. The monoisotopic (exact) mass is 239 g/mol. The van der Waals surface area contributed by atoms with Crippen LogP contribution in [0.4, 0.5) is 14.6 Å². The largest absolute Gasteiger partial charge is 0.385 e. The number of nitrogens with one attached hydrogen (secondary N) is 1. The summed E-state index contributed by atoms with van der Waals surface area (Å²) in [6, 6.07) is 0. The number of halogens is 2. The predicted molar refractivity (Wildman–Crippen MR) is 47.8 cm³/mol. The lowest BCUT2D eigenvalue weighted by molar-refractivity contribution is 0.150. The van der Waals surface area contributed by atoms with Crippen molar-refractivity contribution in [3.05, 3.63) is 22.0 Å². The van der Waals surface area contributed by atoms with Crippen LogP contribution in [0, 0.1) is 0 Å². The zero-order chi connectivity index (χ0) is 11.8. The van der Waals surface area contributed by atoms with Gasteiger partial charge in [-0.2, -0.15) is 0 Å². The summed E-state index contributed by atoms with van der Waals surface area (Å²) >= 11 is 0. The standard InChI is InChI=1S/C6H7F2N3O3S/c7-5(8)3-4(12)2(15(10,13)14)1-11-6(3)9/h1,5H,(H3,9,11,12)(H2,10,13,14). The zero-order valence-corrected chi connectivity index (χ0v) is 8.01. The molecule has 0 bridgehead atoms. The van der Waals surface area contributed by atoms with Crippen LogP contribution < -0.4 is 16.3 Å². The van der Waals surface area contributed by atoms with E-state index < -0.39 is 38.2 Å². The van der Waals surface area contributed by atoms with Gasteiger partial charge in [-0.05, 0) is 0 Å². The summed E-state index contributed by atoms with van der Waals surface area (Å²) in [4.78, 5) is 12.3. The molecule has 1 heterocycles. The summed E-state index contributed by atoms with van der Waals surface area (Å²) in [5.41, 5.74) is 2.58. The van der Waals surface area contributed by atoms with Crippen molar-refractivity contribution in [1.29, 1.82) is 0 Å². The average Bonchev–Trinajstić information content (AvgIpc) is 2.00. The van der Waals surface area contributed by atoms with Crippen molar-refractivity contribution in [3.8, 4) is 0 Å². The van der Waals surface area contributed by atoms with E-state index in [2.05, 4.69) is 5.14 Å². The first-order chi connectivity index (χ1) is 6.75. The van der Waals surface area contributed by atoms with E-state index in [4.69, 9.17) is 5.73 Å². The SMILES string of the molecule is Nc1[nH]cc(S(N)(=O)=O)c(=O)c1C(F)F. The average molecular weight is 239 g/mol. The quantitative estimate of drug-likeness (QED) is 0.647. The van der Waals surface area contributed by atoms with E-state index in [0.717, 1.165) is 0 Å². The minimum atomic E-state index is -4.34. The molecule has 1 aromatic heterocycles. The van der Waals surface area contributed by atoms with E-state index in [1.807, 2.05) is 4.98 Å². The molecule has 0 spiro atoms. The van der Waals surface area contributed by atoms with Crippen molar-refractivity contribution < 1.29 is 17.2 Å². The number of nitrogen functional groups attached to an aromatic ring is 1. The number of pyridine rings is 1. The number of nitrogens with two attached hydrogens (primary N) is 2. The predicted octanol–water partition coefficient (Wildman–Crippen LogP) is -0.458. The van der Waals surface area contributed by atoms with Crippen LogP contribution in [0.25, 0.3) is 0 Å². The van der Waals surface area contributed by atoms with Crippen molar-refractivity contribution in [2.45, 2.75) is 11.3 Å². The molecule has 0 aliphatic carbocycles. The molecule has 0 radical (unpaired) electrons. The lowest BCUT2D eigenvalue weighted by Gasteiger charge is -2.05. The molecule has 84 valence electrons. The van der Waals surface area contributed by atoms with Gasteiger partial charge >= 0.3 is 0 Å². The number of rotatable bonds is 2. The van der Waals surface area contributed by atoms with Crippen LogP contribution in [0.5, 0.6) is 0 Å². The molecule has 0 aliphatic rings. The molecule has 0 fully saturated rings. The molecule has 0 aliphatic heterocycles. The first kappa shape index (κ1) is 11.6. The van der Waals surface area contributed by atoms with Crippen LogP contribution in [-0.4, -0.2) is 13.4 Å². The summed E-state index contributed by atoms with van der Waals surface area (Å²) in [6.45, 7) is 0. The number of anilines is 1. The Morgan fingerprint density at radius 1 is 1.40 bits per heavy atom. The van der Waals surface area contributed by atoms with Crippen molar-refractivity contribution >= 4 is 15.8 Å². The number of aromatic nitrogens is 1. The third kappa shape index (κ3) is 2.13. The maximum Gasteiger partial charge on any atom is 0.271 e. The number of hydrogen-bond acceptors (Lipinski definition) is 4. The Hall–Kier alpha value is -1.48. The summed E-state index contributed by atoms with van der Waals surface area (Å²) in [6.07, 6.45) is -2.49. The van der Waals surface area contributed by atoms with E-state index in [-0.39, 0.29) is 0 Å². The molecular weight excluding hydrogens is 232 g/mol. The van der Waals surface area contributed by atoms with Crippen molar-refractivity contribution in [2.24, 2.45) is 5.14 Å². The van der Waals surface area contributed by atoms with Gasteiger partial charge < -0.3 is 10.7 Å². The minimum Gasteiger partial charge on any atom is -0.385 e. The van der Waals surface area contributed by atoms with Gasteiger partial charge in [0.1, 0.15) is 16.3 Å². The van der Waals surface area contributed by atoms with Crippen LogP contribution in [0.15, 0.2) is 15.9 Å². The summed E-state index contributed by atoms with van der Waals surface area (Å²) in [5, 5.41) is 4.64. The summed E-state index contributed by atoms with van der Waals surface area (Å²) < 4.78 is 46.3. The number of hydrogen-bond donors (Lipinski definition) is 3. The molecule has 0 unspecified atom stereocenters. The van der Waals surface area contributed by atoms with Gasteiger partial charge in [0.2, 0.25) is 15.5 Å². The molecule has 1 rings (SSSR count). The second-order valence-electron chi connectivity index (χ2n) is 2.66. The van der Waals surface area contributed by atoms with Gasteiger partial charge in [0.05, 0.1) is 0 Å². The van der Waals surface area contributed by atoms with E-state index in [0.29, 0.717) is 6.20 Å². The topological polar surface area (TPSA) is 119 Å². The van der Waals surface area contributed by atoms with Crippen LogP contribution in [0.3, 0.4) is 0 Å².